The maximum atomic E-state index is 10.8. The van der Waals surface area contributed by atoms with Gasteiger partial charge in [0, 0.05) is 0 Å². The summed E-state index contributed by atoms with van der Waals surface area (Å²) in [5, 5.41) is 10.8. The van der Waals surface area contributed by atoms with Gasteiger partial charge in [0.15, 0.2) is 0 Å². The molecule has 15 heavy (non-hydrogen) atoms. The smallest absolute Gasteiger partial charge is 0.872 e. The van der Waals surface area contributed by atoms with E-state index in [1.807, 2.05) is 42.5 Å². The van der Waals surface area contributed by atoms with E-state index in [2.05, 4.69) is 6.58 Å². The van der Waals surface area contributed by atoms with Crippen LogP contribution in [0.2, 0.25) is 0 Å². The molecule has 0 unspecified atom stereocenters. The molecule has 0 N–H and O–H groups in total. The van der Waals surface area contributed by atoms with Crippen LogP contribution in [0.3, 0.4) is 0 Å². The van der Waals surface area contributed by atoms with E-state index >= 15 is 0 Å². The molecule has 1 aliphatic carbocycles. The molecule has 0 spiro atoms. The topological polar surface area (TPSA) is 23.1 Å². The summed E-state index contributed by atoms with van der Waals surface area (Å²) in [6.45, 7) is 3.37. The van der Waals surface area contributed by atoms with Crippen molar-refractivity contribution in [3.63, 3.8) is 0 Å². The standard InChI is InChI=1S/C8H8O.C5H5.Fe/c1-2-8(9)7-5-3-4-6-7;1-2-4-5-3-1;/h2-6,9H,1H2;1-5H;/q;-1;+2/p-1. The van der Waals surface area contributed by atoms with Gasteiger partial charge >= 0.3 is 17.1 Å². The van der Waals surface area contributed by atoms with Crippen LogP contribution < -0.4 is 5.11 Å². The molecule has 1 nitrogen and oxygen atoms in total. The maximum Gasteiger partial charge on any atom is 2.00 e. The molecule has 0 bridgehead atoms. The summed E-state index contributed by atoms with van der Waals surface area (Å²) in [4.78, 5) is 0. The van der Waals surface area contributed by atoms with Gasteiger partial charge in [0.25, 0.3) is 0 Å². The zero-order chi connectivity index (χ0) is 10.2. The fraction of sp³-hybridized carbons (Fsp3) is 0. The monoisotopic (exact) mass is 240 g/mol. The zero-order valence-electron chi connectivity index (χ0n) is 8.24. The van der Waals surface area contributed by atoms with E-state index in [0.717, 1.165) is 0 Å². The summed E-state index contributed by atoms with van der Waals surface area (Å²) < 4.78 is 0. The first-order valence-corrected chi connectivity index (χ1v) is 4.40. The SMILES string of the molecule is C=CC([O-])=C1C=CC=C1.[Fe+2].c1cc[cH-]c1. The summed E-state index contributed by atoms with van der Waals surface area (Å²) in [6, 6.07) is 10.0. The average molecular weight is 240 g/mol. The van der Waals surface area contributed by atoms with Crippen molar-refractivity contribution in [2.45, 2.75) is 0 Å². The van der Waals surface area contributed by atoms with Crippen LogP contribution in [-0.2, 0) is 17.1 Å². The first kappa shape index (κ1) is 13.6. The van der Waals surface area contributed by atoms with Crippen molar-refractivity contribution in [2.24, 2.45) is 0 Å². The van der Waals surface area contributed by atoms with E-state index in [0.29, 0.717) is 5.57 Å². The molecule has 2 heteroatoms. The minimum atomic E-state index is -0.0139. The third-order valence-electron chi connectivity index (χ3n) is 1.69. The Hall–Kier alpha value is -1.37. The summed E-state index contributed by atoms with van der Waals surface area (Å²) >= 11 is 0. The fourth-order valence-electron chi connectivity index (χ4n) is 0.977. The van der Waals surface area contributed by atoms with Gasteiger partial charge < -0.3 is 5.11 Å². The average Bonchev–Trinajstić information content (AvgIpc) is 2.91. The quantitative estimate of drug-likeness (QED) is 0.419. The van der Waals surface area contributed by atoms with Crippen molar-refractivity contribution in [3.8, 4) is 0 Å². The molecule has 0 saturated heterocycles. The maximum absolute atomic E-state index is 10.8. The van der Waals surface area contributed by atoms with Gasteiger partial charge in [-0.3, -0.25) is 0 Å². The molecule has 78 valence electrons. The van der Waals surface area contributed by atoms with Crippen LogP contribution >= 0.6 is 0 Å². The van der Waals surface area contributed by atoms with Crippen molar-refractivity contribution in [1.82, 2.24) is 0 Å². The normalized spacial score (nSPS) is 11.3. The Labute approximate surface area is 101 Å². The molecule has 1 aromatic carbocycles. The van der Waals surface area contributed by atoms with E-state index < -0.39 is 0 Å². The van der Waals surface area contributed by atoms with E-state index in [1.54, 1.807) is 12.2 Å². The van der Waals surface area contributed by atoms with Crippen molar-refractivity contribution >= 4 is 0 Å². The number of hydrogen-bond donors (Lipinski definition) is 0. The van der Waals surface area contributed by atoms with Gasteiger partial charge in [-0.05, 0) is 5.57 Å². The van der Waals surface area contributed by atoms with Crippen molar-refractivity contribution < 1.29 is 22.2 Å². The van der Waals surface area contributed by atoms with E-state index in [1.165, 1.54) is 6.08 Å². The van der Waals surface area contributed by atoms with Gasteiger partial charge in [-0.15, -0.1) is 5.76 Å². The van der Waals surface area contributed by atoms with Gasteiger partial charge in [0.2, 0.25) is 0 Å². The number of hydrogen-bond acceptors (Lipinski definition) is 1. The summed E-state index contributed by atoms with van der Waals surface area (Å²) in [7, 11) is 0. The van der Waals surface area contributed by atoms with Crippen molar-refractivity contribution in [2.75, 3.05) is 0 Å². The Morgan fingerprint density at radius 3 is 2.07 bits per heavy atom. The van der Waals surface area contributed by atoms with Gasteiger partial charge in [-0.1, -0.05) is 37.0 Å². The van der Waals surface area contributed by atoms with E-state index in [4.69, 9.17) is 0 Å². The van der Waals surface area contributed by atoms with Crippen LogP contribution in [0, 0.1) is 0 Å². The van der Waals surface area contributed by atoms with Crippen LogP contribution in [0.1, 0.15) is 0 Å². The fourth-order valence-corrected chi connectivity index (χ4v) is 0.977. The molecule has 0 fully saturated rings. The van der Waals surface area contributed by atoms with Crippen LogP contribution in [-0.4, -0.2) is 0 Å². The molecule has 0 aromatic heterocycles. The molecular formula is C13H12FeO. The summed E-state index contributed by atoms with van der Waals surface area (Å²) in [6.07, 6.45) is 8.51. The van der Waals surface area contributed by atoms with Crippen LogP contribution in [0.25, 0.3) is 0 Å². The number of rotatable bonds is 1. The Kier molecular flexibility index (Phi) is 7.25. The molecule has 0 saturated carbocycles. The third-order valence-corrected chi connectivity index (χ3v) is 1.69. The van der Waals surface area contributed by atoms with Gasteiger partial charge in [0.1, 0.15) is 0 Å². The van der Waals surface area contributed by atoms with Crippen LogP contribution in [0.5, 0.6) is 0 Å². The second-order valence-corrected chi connectivity index (χ2v) is 2.70. The minimum absolute atomic E-state index is 0. The van der Waals surface area contributed by atoms with Gasteiger partial charge in [-0.2, -0.15) is 18.2 Å². The molecule has 2 rings (SSSR count). The van der Waals surface area contributed by atoms with Gasteiger partial charge in [0.05, 0.1) is 0 Å². The zero-order valence-corrected chi connectivity index (χ0v) is 9.35. The molecule has 1 aromatic rings. The molecule has 0 heterocycles. The largest absolute Gasteiger partial charge is 2.00 e. The van der Waals surface area contributed by atoms with Gasteiger partial charge in [-0.25, -0.2) is 12.1 Å². The summed E-state index contributed by atoms with van der Waals surface area (Å²) in [5.74, 6) is -0.0139. The molecule has 0 radical (unpaired) electrons. The van der Waals surface area contributed by atoms with E-state index in [9.17, 15) is 5.11 Å². The molecule has 0 atom stereocenters. The predicted octanol–water partition coefficient (Wildman–Crippen LogP) is 2.32. The summed E-state index contributed by atoms with van der Waals surface area (Å²) in [5.41, 5.74) is 0.713. The molecule has 1 aliphatic rings. The van der Waals surface area contributed by atoms with Crippen molar-refractivity contribution in [3.05, 3.63) is 78.6 Å². The second-order valence-electron chi connectivity index (χ2n) is 2.70. The minimum Gasteiger partial charge on any atom is -0.872 e. The number of allylic oxidation sites excluding steroid dienone is 6. The van der Waals surface area contributed by atoms with E-state index in [-0.39, 0.29) is 22.8 Å². The first-order chi connectivity index (χ1) is 6.84. The Morgan fingerprint density at radius 2 is 1.73 bits per heavy atom. The Balaban J connectivity index is 0.000000280. The third kappa shape index (κ3) is 5.16. The Bertz CT molecular complexity index is 325. The Morgan fingerprint density at radius 1 is 1.20 bits per heavy atom. The molecule has 0 amide bonds. The van der Waals surface area contributed by atoms with Crippen LogP contribution in [0.15, 0.2) is 78.6 Å². The van der Waals surface area contributed by atoms with Crippen LogP contribution in [0.4, 0.5) is 0 Å². The predicted molar refractivity (Wildman–Crippen MR) is 57.5 cm³/mol. The first-order valence-electron chi connectivity index (χ1n) is 4.40. The van der Waals surface area contributed by atoms with Crippen molar-refractivity contribution in [1.29, 1.82) is 0 Å². The second kappa shape index (κ2) is 7.98. The molecular weight excluding hydrogens is 228 g/mol. The molecule has 0 aliphatic heterocycles.